The molecule has 2 aromatic carbocycles. The normalized spacial score (nSPS) is 27.2. The van der Waals surface area contributed by atoms with E-state index in [4.69, 9.17) is 32.7 Å². The second-order valence-corrected chi connectivity index (χ2v) is 9.80. The van der Waals surface area contributed by atoms with E-state index in [0.29, 0.717) is 37.3 Å². The van der Waals surface area contributed by atoms with Gasteiger partial charge in [-0.2, -0.15) is 0 Å². The average Bonchev–Trinajstić information content (AvgIpc) is 2.71. The lowest BCUT2D eigenvalue weighted by Crippen LogP contribution is -2.84. The second kappa shape index (κ2) is 7.81. The smallest absolute Gasteiger partial charge is 0.258 e. The van der Waals surface area contributed by atoms with E-state index >= 15 is 0 Å². The number of rotatable bonds is 6. The maximum atomic E-state index is 13.5. The van der Waals surface area contributed by atoms with Gasteiger partial charge >= 0.3 is 0 Å². The molecule has 168 valence electrons. The molecule has 2 N–H and O–H groups in total. The Balaban J connectivity index is 1.08. The highest BCUT2D eigenvalue weighted by molar-refractivity contribution is 6.31. The fourth-order valence-corrected chi connectivity index (χ4v) is 5.26. The average molecular weight is 479 g/mol. The Kier molecular flexibility index (Phi) is 5.21. The Hall–Kier alpha value is -2.51. The van der Waals surface area contributed by atoms with Crippen molar-refractivity contribution in [3.8, 4) is 11.5 Å². The molecular formula is C23H21Cl2FN2O4. The fourth-order valence-electron chi connectivity index (χ4n) is 4.98. The van der Waals surface area contributed by atoms with Gasteiger partial charge in [-0.05, 0) is 55.5 Å². The molecule has 0 saturated heterocycles. The van der Waals surface area contributed by atoms with Gasteiger partial charge in [0.2, 0.25) is 5.91 Å². The van der Waals surface area contributed by atoms with Crippen LogP contribution >= 0.6 is 23.2 Å². The van der Waals surface area contributed by atoms with E-state index in [9.17, 15) is 14.0 Å². The summed E-state index contributed by atoms with van der Waals surface area (Å²) in [5.74, 6) is -0.192. The highest BCUT2D eigenvalue weighted by atomic mass is 35.5. The van der Waals surface area contributed by atoms with E-state index in [1.54, 1.807) is 12.1 Å². The Bertz CT molecular complexity index is 1090. The molecule has 0 spiro atoms. The maximum absolute atomic E-state index is 13.5. The van der Waals surface area contributed by atoms with Crippen LogP contribution in [0.5, 0.6) is 11.5 Å². The molecule has 2 bridgehead atoms. The van der Waals surface area contributed by atoms with Crippen LogP contribution in [0, 0.1) is 11.7 Å². The summed E-state index contributed by atoms with van der Waals surface area (Å²) in [7, 11) is 0. The number of hydrogen-bond acceptors (Lipinski definition) is 4. The van der Waals surface area contributed by atoms with Crippen LogP contribution in [0.15, 0.2) is 36.4 Å². The predicted molar refractivity (Wildman–Crippen MR) is 117 cm³/mol. The molecule has 32 heavy (non-hydrogen) atoms. The minimum atomic E-state index is -0.600. The van der Waals surface area contributed by atoms with Gasteiger partial charge in [0, 0.05) is 22.2 Å². The minimum absolute atomic E-state index is 0.00333. The summed E-state index contributed by atoms with van der Waals surface area (Å²) in [4.78, 5) is 25.0. The number of carbonyl (C=O) groups is 2. The van der Waals surface area contributed by atoms with Crippen molar-refractivity contribution in [1.82, 2.24) is 10.6 Å². The number of carbonyl (C=O) groups excluding carboxylic acids is 2. The first-order valence-electron chi connectivity index (χ1n) is 10.4. The molecular weight excluding hydrogens is 458 g/mol. The molecule has 6 nitrogen and oxygen atoms in total. The summed E-state index contributed by atoms with van der Waals surface area (Å²) in [5, 5.41) is 6.74. The van der Waals surface area contributed by atoms with Crippen molar-refractivity contribution in [3.63, 3.8) is 0 Å². The van der Waals surface area contributed by atoms with Crippen LogP contribution in [0.4, 0.5) is 4.39 Å². The lowest BCUT2D eigenvalue weighted by Gasteiger charge is -2.70. The van der Waals surface area contributed by atoms with Gasteiger partial charge in [0.15, 0.2) is 6.61 Å². The molecule has 0 aromatic heterocycles. The van der Waals surface area contributed by atoms with Gasteiger partial charge in [-0.3, -0.25) is 9.59 Å². The zero-order valence-electron chi connectivity index (χ0n) is 17.1. The van der Waals surface area contributed by atoms with Crippen molar-refractivity contribution in [1.29, 1.82) is 0 Å². The second-order valence-electron chi connectivity index (χ2n) is 8.96. The molecule has 1 unspecified atom stereocenters. The van der Waals surface area contributed by atoms with Gasteiger partial charge in [-0.1, -0.05) is 29.3 Å². The number of fused-ring (bicyclic) bond motifs is 1. The van der Waals surface area contributed by atoms with Crippen LogP contribution in [0.25, 0.3) is 0 Å². The van der Waals surface area contributed by atoms with Crippen LogP contribution in [0.2, 0.25) is 10.0 Å². The zero-order valence-corrected chi connectivity index (χ0v) is 18.6. The first-order chi connectivity index (χ1) is 15.2. The summed E-state index contributed by atoms with van der Waals surface area (Å²) in [5.41, 5.74) is 0.415. The number of amides is 2. The van der Waals surface area contributed by atoms with Crippen molar-refractivity contribution < 1.29 is 23.5 Å². The highest BCUT2D eigenvalue weighted by Crippen LogP contribution is 2.60. The summed E-state index contributed by atoms with van der Waals surface area (Å²) in [6.07, 6.45) is 2.67. The summed E-state index contributed by atoms with van der Waals surface area (Å²) in [6.45, 7) is 0.102. The van der Waals surface area contributed by atoms with Crippen LogP contribution in [-0.4, -0.2) is 36.1 Å². The standard InChI is InChI=1S/C23H21Cl2FN2O4/c24-15-2-1-13-5-14(8-32-19(13)6-15)21(30)28-23-10-22(11-23,12-23)27-20(29)9-31-16-3-4-17(25)18(26)7-16/h1-4,6-7,14H,5,8-12H2,(H,27,29)(H,28,30). The zero-order chi connectivity index (χ0) is 22.5. The van der Waals surface area contributed by atoms with Crippen LogP contribution < -0.4 is 20.1 Å². The Morgan fingerprint density at radius 2 is 1.84 bits per heavy atom. The van der Waals surface area contributed by atoms with E-state index < -0.39 is 5.82 Å². The van der Waals surface area contributed by atoms with Gasteiger partial charge in [-0.25, -0.2) is 4.39 Å². The molecule has 6 rings (SSSR count). The Labute approximate surface area is 194 Å². The van der Waals surface area contributed by atoms with Crippen LogP contribution in [0.3, 0.4) is 0 Å². The number of hydrogen-bond donors (Lipinski definition) is 2. The van der Waals surface area contributed by atoms with E-state index in [1.165, 1.54) is 12.1 Å². The molecule has 1 aliphatic heterocycles. The van der Waals surface area contributed by atoms with E-state index in [1.807, 2.05) is 6.07 Å². The quantitative estimate of drug-likeness (QED) is 0.663. The molecule has 4 aliphatic rings. The molecule has 3 saturated carbocycles. The third-order valence-electron chi connectivity index (χ3n) is 6.39. The van der Waals surface area contributed by atoms with Gasteiger partial charge in [0.1, 0.15) is 23.9 Å². The molecule has 3 aliphatic carbocycles. The lowest BCUT2D eigenvalue weighted by atomic mass is 9.44. The fraction of sp³-hybridized carbons (Fsp3) is 0.391. The number of benzene rings is 2. The number of halogens is 3. The first-order valence-corrected chi connectivity index (χ1v) is 11.1. The van der Waals surface area contributed by atoms with Crippen LogP contribution in [-0.2, 0) is 16.0 Å². The highest BCUT2D eigenvalue weighted by Gasteiger charge is 2.69. The summed E-state index contributed by atoms with van der Waals surface area (Å²) >= 11 is 11.6. The predicted octanol–water partition coefficient (Wildman–Crippen LogP) is 3.67. The molecule has 1 atom stereocenters. The molecule has 0 radical (unpaired) electrons. The molecule has 3 fully saturated rings. The molecule has 2 amide bonds. The lowest BCUT2D eigenvalue weighted by molar-refractivity contribution is -0.153. The minimum Gasteiger partial charge on any atom is -0.492 e. The van der Waals surface area contributed by atoms with Crippen molar-refractivity contribution in [2.24, 2.45) is 5.92 Å². The number of ether oxygens (including phenoxy) is 2. The number of nitrogens with one attached hydrogen (secondary N) is 2. The Morgan fingerprint density at radius 1 is 1.09 bits per heavy atom. The SMILES string of the molecule is O=C(COc1ccc(Cl)c(F)c1)NC12CC(NC(=O)C3COc4cc(Cl)ccc4C3)(C1)C2. The molecule has 2 aromatic rings. The van der Waals surface area contributed by atoms with E-state index in [-0.39, 0.29) is 46.2 Å². The van der Waals surface area contributed by atoms with Gasteiger partial charge in [0.05, 0.1) is 10.9 Å². The first kappa shape index (κ1) is 21.3. The van der Waals surface area contributed by atoms with Crippen molar-refractivity contribution >= 4 is 35.0 Å². The third kappa shape index (κ3) is 3.99. The van der Waals surface area contributed by atoms with E-state index in [2.05, 4.69) is 10.6 Å². The Morgan fingerprint density at radius 3 is 2.59 bits per heavy atom. The van der Waals surface area contributed by atoms with Gasteiger partial charge < -0.3 is 20.1 Å². The van der Waals surface area contributed by atoms with Crippen molar-refractivity contribution in [2.45, 2.75) is 36.8 Å². The molecule has 9 heteroatoms. The van der Waals surface area contributed by atoms with E-state index in [0.717, 1.165) is 17.4 Å². The van der Waals surface area contributed by atoms with Gasteiger partial charge in [0.25, 0.3) is 5.91 Å². The largest absolute Gasteiger partial charge is 0.492 e. The third-order valence-corrected chi connectivity index (χ3v) is 6.93. The monoisotopic (exact) mass is 478 g/mol. The van der Waals surface area contributed by atoms with Crippen molar-refractivity contribution in [3.05, 3.63) is 57.8 Å². The van der Waals surface area contributed by atoms with Gasteiger partial charge in [-0.15, -0.1) is 0 Å². The topological polar surface area (TPSA) is 76.7 Å². The van der Waals surface area contributed by atoms with Crippen molar-refractivity contribution in [2.75, 3.05) is 13.2 Å². The molecule has 1 heterocycles. The summed E-state index contributed by atoms with van der Waals surface area (Å²) in [6, 6.07) is 9.48. The summed E-state index contributed by atoms with van der Waals surface area (Å²) < 4.78 is 24.5. The maximum Gasteiger partial charge on any atom is 0.258 e. The van der Waals surface area contributed by atoms with Crippen LogP contribution in [0.1, 0.15) is 24.8 Å².